The Morgan fingerprint density at radius 2 is 1.90 bits per heavy atom. The zero-order valence-electron chi connectivity index (χ0n) is 12.1. The molecule has 0 bridgehead atoms. The highest BCUT2D eigenvalue weighted by Crippen LogP contribution is 2.35. The number of methoxy groups -OCH3 is 2. The molecule has 110 valence electrons. The molecule has 0 saturated heterocycles. The van der Waals surface area contributed by atoms with Gasteiger partial charge >= 0.3 is 6.01 Å². The number of aliphatic hydroxyl groups excluding tert-OH is 1. The van der Waals surface area contributed by atoms with Gasteiger partial charge in [-0.2, -0.15) is 4.98 Å². The Bertz CT molecular complexity index is 602. The summed E-state index contributed by atoms with van der Waals surface area (Å²) in [6.07, 6.45) is 2.35. The smallest absolute Gasteiger partial charge is 0.319 e. The van der Waals surface area contributed by atoms with Crippen molar-refractivity contribution >= 4 is 0 Å². The van der Waals surface area contributed by atoms with Crippen molar-refractivity contribution in [2.45, 2.75) is 12.0 Å². The predicted octanol–water partition coefficient (Wildman–Crippen LogP) is 2.50. The summed E-state index contributed by atoms with van der Waals surface area (Å²) in [4.78, 5) is 8.12. The first kappa shape index (κ1) is 15.0. The van der Waals surface area contributed by atoms with Crippen LogP contribution in [0.3, 0.4) is 0 Å². The van der Waals surface area contributed by atoms with Gasteiger partial charge in [0.25, 0.3) is 0 Å². The highest BCUT2D eigenvalue weighted by molar-refractivity contribution is 5.34. The van der Waals surface area contributed by atoms with E-state index in [4.69, 9.17) is 9.47 Å². The molecule has 2 rings (SSSR count). The van der Waals surface area contributed by atoms with Crippen molar-refractivity contribution in [3.05, 3.63) is 60.3 Å². The molecule has 0 saturated carbocycles. The van der Waals surface area contributed by atoms with Gasteiger partial charge in [0.2, 0.25) is 5.88 Å². The van der Waals surface area contributed by atoms with Crippen molar-refractivity contribution in [1.82, 2.24) is 9.97 Å². The van der Waals surface area contributed by atoms with Crippen LogP contribution in [0.15, 0.2) is 49.2 Å². The van der Waals surface area contributed by atoms with Crippen LogP contribution in [0.2, 0.25) is 0 Å². The molecule has 1 N–H and O–H groups in total. The fourth-order valence-corrected chi connectivity index (χ4v) is 2.14. The van der Waals surface area contributed by atoms with E-state index in [-0.39, 0.29) is 17.8 Å². The maximum Gasteiger partial charge on any atom is 0.319 e. The van der Waals surface area contributed by atoms with E-state index in [0.717, 1.165) is 5.56 Å². The largest absolute Gasteiger partial charge is 0.481 e. The van der Waals surface area contributed by atoms with Crippen LogP contribution < -0.4 is 9.47 Å². The van der Waals surface area contributed by atoms with Crippen LogP contribution in [0, 0.1) is 0 Å². The number of hydrogen-bond donors (Lipinski definition) is 1. The fraction of sp³-hybridized carbons (Fsp3) is 0.250. The molecule has 2 aromatic rings. The van der Waals surface area contributed by atoms with Gasteiger partial charge in [-0.3, -0.25) is 0 Å². The molecule has 0 aliphatic rings. The molecule has 21 heavy (non-hydrogen) atoms. The Kier molecular flexibility index (Phi) is 4.90. The summed E-state index contributed by atoms with van der Waals surface area (Å²) < 4.78 is 10.2. The van der Waals surface area contributed by atoms with Gasteiger partial charge in [-0.15, -0.1) is 6.58 Å². The van der Waals surface area contributed by atoms with E-state index >= 15 is 0 Å². The third-order valence-electron chi connectivity index (χ3n) is 3.23. The van der Waals surface area contributed by atoms with E-state index in [1.54, 1.807) is 6.08 Å². The summed E-state index contributed by atoms with van der Waals surface area (Å²) >= 11 is 0. The third-order valence-corrected chi connectivity index (χ3v) is 3.23. The first-order valence-electron chi connectivity index (χ1n) is 6.51. The lowest BCUT2D eigenvalue weighted by Crippen LogP contribution is -2.11. The predicted molar refractivity (Wildman–Crippen MR) is 79.5 cm³/mol. The molecular weight excluding hydrogens is 268 g/mol. The van der Waals surface area contributed by atoms with Gasteiger partial charge in [0, 0.05) is 12.1 Å². The van der Waals surface area contributed by atoms with Crippen molar-refractivity contribution in [1.29, 1.82) is 0 Å². The Morgan fingerprint density at radius 3 is 2.48 bits per heavy atom. The minimum absolute atomic E-state index is 0.192. The maximum absolute atomic E-state index is 10.6. The first-order valence-corrected chi connectivity index (χ1v) is 6.51. The van der Waals surface area contributed by atoms with Crippen LogP contribution in [0.1, 0.15) is 23.1 Å². The van der Waals surface area contributed by atoms with E-state index < -0.39 is 6.10 Å². The lowest BCUT2D eigenvalue weighted by molar-refractivity contribution is 0.155. The molecule has 0 radical (unpaired) electrons. The van der Waals surface area contributed by atoms with E-state index in [1.807, 2.05) is 30.3 Å². The quantitative estimate of drug-likeness (QED) is 0.827. The molecule has 1 aromatic carbocycles. The average Bonchev–Trinajstić information content (AvgIpc) is 2.55. The van der Waals surface area contributed by atoms with Gasteiger partial charge in [-0.1, -0.05) is 36.4 Å². The van der Waals surface area contributed by atoms with Gasteiger partial charge < -0.3 is 14.6 Å². The maximum atomic E-state index is 10.6. The second-order valence-electron chi connectivity index (χ2n) is 4.44. The van der Waals surface area contributed by atoms with Crippen LogP contribution in [-0.4, -0.2) is 29.3 Å². The second-order valence-corrected chi connectivity index (χ2v) is 4.44. The molecule has 2 unspecified atom stereocenters. The monoisotopic (exact) mass is 286 g/mol. The topological polar surface area (TPSA) is 64.5 Å². The van der Waals surface area contributed by atoms with Gasteiger partial charge in [-0.25, -0.2) is 4.98 Å². The van der Waals surface area contributed by atoms with Crippen molar-refractivity contribution in [2.24, 2.45) is 0 Å². The van der Waals surface area contributed by atoms with Gasteiger partial charge in [0.15, 0.2) is 0 Å². The molecule has 1 heterocycles. The number of nitrogens with zero attached hydrogens (tertiary/aromatic N) is 2. The van der Waals surface area contributed by atoms with Crippen molar-refractivity contribution < 1.29 is 14.6 Å². The van der Waals surface area contributed by atoms with Crippen LogP contribution in [-0.2, 0) is 0 Å². The Labute approximate surface area is 123 Å². The SMILES string of the molecule is C=CC(c1ccccc1)C(O)c1cnc(OC)nc1OC. The number of rotatable bonds is 6. The molecule has 2 atom stereocenters. The molecule has 1 aromatic heterocycles. The Morgan fingerprint density at radius 1 is 1.19 bits per heavy atom. The third kappa shape index (κ3) is 3.20. The van der Waals surface area contributed by atoms with Crippen LogP contribution in [0.5, 0.6) is 11.9 Å². The molecule has 0 aliphatic carbocycles. The second kappa shape index (κ2) is 6.85. The minimum Gasteiger partial charge on any atom is -0.481 e. The fourth-order valence-electron chi connectivity index (χ4n) is 2.14. The summed E-state index contributed by atoms with van der Waals surface area (Å²) in [6, 6.07) is 9.82. The zero-order chi connectivity index (χ0) is 15.2. The molecule has 0 amide bonds. The van der Waals surface area contributed by atoms with Gasteiger partial charge in [0.1, 0.15) is 0 Å². The minimum atomic E-state index is -0.856. The summed E-state index contributed by atoms with van der Waals surface area (Å²) in [5, 5.41) is 10.6. The summed E-state index contributed by atoms with van der Waals surface area (Å²) in [7, 11) is 2.96. The number of hydrogen-bond acceptors (Lipinski definition) is 5. The van der Waals surface area contributed by atoms with Crippen LogP contribution in [0.4, 0.5) is 0 Å². The van der Waals surface area contributed by atoms with E-state index in [2.05, 4.69) is 16.5 Å². The summed E-state index contributed by atoms with van der Waals surface area (Å²) in [5.41, 5.74) is 1.45. The number of aromatic nitrogens is 2. The lowest BCUT2D eigenvalue weighted by Gasteiger charge is -2.21. The number of aliphatic hydroxyl groups is 1. The van der Waals surface area contributed by atoms with Gasteiger partial charge in [0.05, 0.1) is 25.9 Å². The highest BCUT2D eigenvalue weighted by Gasteiger charge is 2.24. The van der Waals surface area contributed by atoms with E-state index in [0.29, 0.717) is 5.56 Å². The van der Waals surface area contributed by atoms with E-state index in [9.17, 15) is 5.11 Å². The molecule has 0 aliphatic heterocycles. The molecular formula is C16H18N2O3. The van der Waals surface area contributed by atoms with Crippen molar-refractivity contribution in [2.75, 3.05) is 14.2 Å². The summed E-state index contributed by atoms with van der Waals surface area (Å²) in [6.45, 7) is 3.81. The van der Waals surface area contributed by atoms with Crippen molar-refractivity contribution in [3.8, 4) is 11.9 Å². The van der Waals surface area contributed by atoms with Crippen molar-refractivity contribution in [3.63, 3.8) is 0 Å². The average molecular weight is 286 g/mol. The van der Waals surface area contributed by atoms with Gasteiger partial charge in [-0.05, 0) is 5.56 Å². The van der Waals surface area contributed by atoms with Crippen LogP contribution in [0.25, 0.3) is 0 Å². The molecule has 0 spiro atoms. The number of benzene rings is 1. The Balaban J connectivity index is 2.38. The molecule has 0 fully saturated rings. The number of ether oxygens (including phenoxy) is 2. The van der Waals surface area contributed by atoms with E-state index in [1.165, 1.54) is 20.4 Å². The molecule has 5 nitrogen and oxygen atoms in total. The molecule has 5 heteroatoms. The van der Waals surface area contributed by atoms with Crippen LogP contribution >= 0.6 is 0 Å². The summed E-state index contributed by atoms with van der Waals surface area (Å²) in [5.74, 6) is 0.00854. The normalized spacial score (nSPS) is 13.3. The highest BCUT2D eigenvalue weighted by atomic mass is 16.5. The zero-order valence-corrected chi connectivity index (χ0v) is 12.1. The standard InChI is InChI=1S/C16H18N2O3/c1-4-12(11-8-6-5-7-9-11)14(19)13-10-17-16(21-3)18-15(13)20-2/h4-10,12,14,19H,1H2,2-3H3. The first-order chi connectivity index (χ1) is 10.2. The lowest BCUT2D eigenvalue weighted by atomic mass is 9.90. The Hall–Kier alpha value is -2.40.